The van der Waals surface area contributed by atoms with Crippen LogP contribution in [0.2, 0.25) is 0 Å². The highest BCUT2D eigenvalue weighted by Gasteiger charge is 2.18. The van der Waals surface area contributed by atoms with E-state index >= 15 is 0 Å². The topological polar surface area (TPSA) is 76.7 Å². The Labute approximate surface area is 172 Å². The van der Waals surface area contributed by atoms with E-state index < -0.39 is 0 Å². The molecule has 0 spiro atoms. The van der Waals surface area contributed by atoms with Crippen LogP contribution in [0.1, 0.15) is 38.3 Å². The lowest BCUT2D eigenvalue weighted by Gasteiger charge is -2.23. The van der Waals surface area contributed by atoms with E-state index in [2.05, 4.69) is 31.4 Å². The molecule has 0 aliphatic carbocycles. The second-order valence-corrected chi connectivity index (χ2v) is 7.81. The van der Waals surface area contributed by atoms with Gasteiger partial charge in [-0.05, 0) is 41.2 Å². The molecule has 2 amide bonds. The van der Waals surface area contributed by atoms with Gasteiger partial charge in [0.2, 0.25) is 11.8 Å². The average molecular weight is 399 g/mol. The largest absolute Gasteiger partial charge is 0.493 e. The van der Waals surface area contributed by atoms with Crippen molar-refractivity contribution in [2.45, 2.75) is 39.0 Å². The number of nitrogens with one attached hydrogen (secondary N) is 2. The number of hydrogen-bond acceptors (Lipinski definition) is 4. The third-order valence-electron chi connectivity index (χ3n) is 4.54. The van der Waals surface area contributed by atoms with Crippen molar-refractivity contribution in [3.8, 4) is 11.5 Å². The number of methoxy groups -OCH3 is 2. The fourth-order valence-electron chi connectivity index (χ4n) is 3.00. The lowest BCUT2D eigenvalue weighted by molar-refractivity contribution is -0.124. The van der Waals surface area contributed by atoms with Gasteiger partial charge in [0.15, 0.2) is 11.5 Å². The molecule has 2 aromatic rings. The summed E-state index contributed by atoms with van der Waals surface area (Å²) in [5.41, 5.74) is 2.69. The van der Waals surface area contributed by atoms with Gasteiger partial charge >= 0.3 is 0 Å². The summed E-state index contributed by atoms with van der Waals surface area (Å²) in [6, 6.07) is 13.3. The summed E-state index contributed by atoms with van der Waals surface area (Å²) in [5, 5.41) is 5.57. The highest BCUT2D eigenvalue weighted by atomic mass is 16.5. The van der Waals surface area contributed by atoms with Crippen LogP contribution in [0.4, 0.5) is 5.69 Å². The maximum absolute atomic E-state index is 12.3. The molecule has 0 radical (unpaired) electrons. The first-order chi connectivity index (χ1) is 13.7. The van der Waals surface area contributed by atoms with E-state index in [1.54, 1.807) is 14.2 Å². The zero-order chi connectivity index (χ0) is 21.4. The number of carbonyl (C=O) groups excluding carboxylic acids is 2. The van der Waals surface area contributed by atoms with E-state index in [1.165, 1.54) is 0 Å². The standard InChI is InChI=1S/C23H30N2O4/c1-23(2,3)17-8-6-7-9-18(17)25-22(27)15-24-21(26)13-11-16-10-12-19(28-4)20(14-16)29-5/h6-10,12,14H,11,13,15H2,1-5H3,(H,24,26)(H,25,27). The first kappa shape index (κ1) is 22.3. The van der Waals surface area contributed by atoms with E-state index in [1.807, 2.05) is 42.5 Å². The van der Waals surface area contributed by atoms with Gasteiger partial charge < -0.3 is 20.1 Å². The van der Waals surface area contributed by atoms with Crippen molar-refractivity contribution in [2.75, 3.05) is 26.1 Å². The Hall–Kier alpha value is -3.02. The quantitative estimate of drug-likeness (QED) is 0.711. The average Bonchev–Trinajstić information content (AvgIpc) is 2.70. The smallest absolute Gasteiger partial charge is 0.243 e. The summed E-state index contributed by atoms with van der Waals surface area (Å²) in [5.74, 6) is 0.843. The molecule has 0 unspecified atom stereocenters. The molecule has 0 saturated carbocycles. The molecule has 0 fully saturated rings. The predicted octanol–water partition coefficient (Wildman–Crippen LogP) is 3.69. The Morgan fingerprint density at radius 2 is 1.62 bits per heavy atom. The van der Waals surface area contributed by atoms with Gasteiger partial charge in [0, 0.05) is 12.1 Å². The molecule has 0 heterocycles. The highest BCUT2D eigenvalue weighted by Crippen LogP contribution is 2.29. The maximum atomic E-state index is 12.3. The first-order valence-corrected chi connectivity index (χ1v) is 9.61. The predicted molar refractivity (Wildman–Crippen MR) is 115 cm³/mol. The first-order valence-electron chi connectivity index (χ1n) is 9.61. The van der Waals surface area contributed by atoms with E-state index in [4.69, 9.17) is 9.47 Å². The van der Waals surface area contributed by atoms with Crippen molar-refractivity contribution in [1.82, 2.24) is 5.32 Å². The normalized spacial score (nSPS) is 10.9. The Kier molecular flexibility index (Phi) is 7.65. The number of anilines is 1. The van der Waals surface area contributed by atoms with Crippen LogP contribution < -0.4 is 20.1 Å². The third-order valence-corrected chi connectivity index (χ3v) is 4.54. The molecule has 0 aliphatic rings. The fourth-order valence-corrected chi connectivity index (χ4v) is 3.00. The summed E-state index contributed by atoms with van der Waals surface area (Å²) >= 11 is 0. The van der Waals surface area contributed by atoms with Crippen molar-refractivity contribution < 1.29 is 19.1 Å². The number of aryl methyl sites for hydroxylation is 1. The summed E-state index contributed by atoms with van der Waals surface area (Å²) < 4.78 is 10.5. The summed E-state index contributed by atoms with van der Waals surface area (Å²) in [7, 11) is 3.15. The van der Waals surface area contributed by atoms with Crippen molar-refractivity contribution in [2.24, 2.45) is 0 Å². The van der Waals surface area contributed by atoms with E-state index in [9.17, 15) is 9.59 Å². The molecule has 2 aromatic carbocycles. The van der Waals surface area contributed by atoms with Crippen LogP contribution in [0, 0.1) is 0 Å². The van der Waals surface area contributed by atoms with Crippen LogP contribution in [-0.2, 0) is 21.4 Å². The minimum absolute atomic E-state index is 0.0662. The van der Waals surface area contributed by atoms with E-state index in [0.717, 1.165) is 16.8 Å². The minimum atomic E-state index is -0.249. The fraction of sp³-hybridized carbons (Fsp3) is 0.391. The lowest BCUT2D eigenvalue weighted by atomic mass is 9.86. The molecule has 2 rings (SSSR count). The van der Waals surface area contributed by atoms with Crippen molar-refractivity contribution in [1.29, 1.82) is 0 Å². The maximum Gasteiger partial charge on any atom is 0.243 e. The van der Waals surface area contributed by atoms with Crippen LogP contribution in [0.3, 0.4) is 0 Å². The Balaban J connectivity index is 1.85. The number of hydrogen-bond donors (Lipinski definition) is 2. The molecule has 6 nitrogen and oxygen atoms in total. The number of benzene rings is 2. The van der Waals surface area contributed by atoms with Gasteiger partial charge in [-0.25, -0.2) is 0 Å². The van der Waals surface area contributed by atoms with Gasteiger partial charge in [0.05, 0.1) is 20.8 Å². The lowest BCUT2D eigenvalue weighted by Crippen LogP contribution is -2.33. The number of rotatable bonds is 8. The van der Waals surface area contributed by atoms with Crippen LogP contribution in [0.25, 0.3) is 0 Å². The SMILES string of the molecule is COc1ccc(CCC(=O)NCC(=O)Nc2ccccc2C(C)(C)C)cc1OC. The Morgan fingerprint density at radius 1 is 0.931 bits per heavy atom. The molecule has 0 bridgehead atoms. The summed E-state index contributed by atoms with van der Waals surface area (Å²) in [6.45, 7) is 6.21. The van der Waals surface area contributed by atoms with Gasteiger partial charge in [-0.15, -0.1) is 0 Å². The number of amides is 2. The highest BCUT2D eigenvalue weighted by molar-refractivity contribution is 5.95. The van der Waals surface area contributed by atoms with Crippen LogP contribution in [-0.4, -0.2) is 32.6 Å². The second-order valence-electron chi connectivity index (χ2n) is 7.81. The summed E-state index contributed by atoms with van der Waals surface area (Å²) in [6.07, 6.45) is 0.821. The Bertz CT molecular complexity index is 856. The molecular weight excluding hydrogens is 368 g/mol. The Morgan fingerprint density at radius 3 is 2.28 bits per heavy atom. The van der Waals surface area contributed by atoms with Crippen LogP contribution in [0.5, 0.6) is 11.5 Å². The molecule has 29 heavy (non-hydrogen) atoms. The third kappa shape index (κ3) is 6.52. The van der Waals surface area contributed by atoms with Gasteiger partial charge in [-0.1, -0.05) is 45.0 Å². The molecule has 156 valence electrons. The number of para-hydroxylation sites is 1. The molecule has 0 aliphatic heterocycles. The van der Waals surface area contributed by atoms with Crippen LogP contribution >= 0.6 is 0 Å². The molecule has 0 aromatic heterocycles. The zero-order valence-electron chi connectivity index (χ0n) is 17.8. The molecule has 2 N–H and O–H groups in total. The molecular formula is C23H30N2O4. The molecule has 6 heteroatoms. The molecule has 0 saturated heterocycles. The van der Waals surface area contributed by atoms with E-state index in [0.29, 0.717) is 17.9 Å². The van der Waals surface area contributed by atoms with Crippen molar-refractivity contribution >= 4 is 17.5 Å². The zero-order valence-corrected chi connectivity index (χ0v) is 17.8. The second kappa shape index (κ2) is 9.96. The van der Waals surface area contributed by atoms with Gasteiger partial charge in [0.25, 0.3) is 0 Å². The summed E-state index contributed by atoms with van der Waals surface area (Å²) in [4.78, 5) is 24.4. The minimum Gasteiger partial charge on any atom is -0.493 e. The van der Waals surface area contributed by atoms with E-state index in [-0.39, 0.29) is 30.2 Å². The van der Waals surface area contributed by atoms with Gasteiger partial charge in [-0.3, -0.25) is 9.59 Å². The van der Waals surface area contributed by atoms with Gasteiger partial charge in [-0.2, -0.15) is 0 Å². The van der Waals surface area contributed by atoms with Crippen molar-refractivity contribution in [3.63, 3.8) is 0 Å². The van der Waals surface area contributed by atoms with Crippen LogP contribution in [0.15, 0.2) is 42.5 Å². The van der Waals surface area contributed by atoms with Crippen molar-refractivity contribution in [3.05, 3.63) is 53.6 Å². The monoisotopic (exact) mass is 398 g/mol. The number of carbonyl (C=O) groups is 2. The number of ether oxygens (including phenoxy) is 2. The van der Waals surface area contributed by atoms with Gasteiger partial charge in [0.1, 0.15) is 0 Å². The molecule has 0 atom stereocenters.